The molecular weight excluding hydrogens is 184 g/mol. The van der Waals surface area contributed by atoms with Crippen LogP contribution in [0.3, 0.4) is 0 Å². The summed E-state index contributed by atoms with van der Waals surface area (Å²) in [6.45, 7) is 9.62. The average Bonchev–Trinajstić information content (AvgIpc) is 1.86. The van der Waals surface area contributed by atoms with Crippen molar-refractivity contribution in [2.75, 3.05) is 26.7 Å². The molecule has 0 heterocycles. The van der Waals surface area contributed by atoms with Gasteiger partial charge in [-0.3, -0.25) is 0 Å². The Bertz CT molecular complexity index is 119. The van der Waals surface area contributed by atoms with E-state index in [1.807, 2.05) is 0 Å². The van der Waals surface area contributed by atoms with E-state index in [0.29, 0.717) is 0 Å². The Morgan fingerprint density at radius 2 is 1.00 bits per heavy atom. The molecule has 4 heteroatoms. The van der Waals surface area contributed by atoms with Crippen LogP contribution in [-0.2, 0) is 9.47 Å². The van der Waals surface area contributed by atoms with E-state index in [9.17, 15) is 0 Å². The Labute approximate surface area is 78.1 Å². The number of hydrogen-bond acceptors (Lipinski definition) is 2. The van der Waals surface area contributed by atoms with E-state index < -0.39 is 15.2 Å². The Morgan fingerprint density at radius 3 is 1.17 bits per heavy atom. The van der Waals surface area contributed by atoms with Gasteiger partial charge in [0, 0.05) is 26.7 Å². The highest BCUT2D eigenvalue weighted by Gasteiger charge is 2.40. The Kier molecular flexibility index (Phi) is 4.69. The summed E-state index contributed by atoms with van der Waals surface area (Å²) in [5.74, 6) is 0. The molecule has 0 bridgehead atoms. The van der Waals surface area contributed by atoms with Gasteiger partial charge in [-0.05, 0) is 0 Å². The van der Waals surface area contributed by atoms with E-state index in [1.54, 1.807) is 14.2 Å². The molecule has 0 spiro atoms. The number of ether oxygens (including phenoxy) is 2. The van der Waals surface area contributed by atoms with Crippen molar-refractivity contribution >= 4 is 15.2 Å². The lowest BCUT2D eigenvalue weighted by atomic mass is 11.5. The monoisotopic (exact) mass is 206 g/mol. The van der Waals surface area contributed by atoms with E-state index in [0.717, 1.165) is 12.5 Å². The SMILES string of the molecule is COC[Si](C)(C)[Si](C)(C)COC. The molecule has 0 N–H and O–H groups in total. The zero-order valence-electron chi connectivity index (χ0n) is 9.23. The lowest BCUT2D eigenvalue weighted by Crippen LogP contribution is -2.61. The molecule has 0 rings (SSSR count). The summed E-state index contributed by atoms with van der Waals surface area (Å²) >= 11 is 0. The van der Waals surface area contributed by atoms with Crippen molar-refractivity contribution < 1.29 is 9.47 Å². The van der Waals surface area contributed by atoms with Crippen molar-refractivity contribution in [1.82, 2.24) is 0 Å². The van der Waals surface area contributed by atoms with Crippen LogP contribution in [-0.4, -0.2) is 41.9 Å². The van der Waals surface area contributed by atoms with Gasteiger partial charge in [0.1, 0.15) is 0 Å². The third kappa shape index (κ3) is 3.01. The number of hydrogen-bond donors (Lipinski definition) is 0. The van der Waals surface area contributed by atoms with Gasteiger partial charge < -0.3 is 9.47 Å². The first kappa shape index (κ1) is 12.4. The topological polar surface area (TPSA) is 18.5 Å². The third-order valence-corrected chi connectivity index (χ3v) is 20.4. The zero-order chi connectivity index (χ0) is 9.83. The third-order valence-electron chi connectivity index (χ3n) is 2.84. The molecule has 0 aliphatic carbocycles. The molecule has 0 aliphatic rings. The Morgan fingerprint density at radius 1 is 0.750 bits per heavy atom. The summed E-state index contributed by atoms with van der Waals surface area (Å²) in [6.07, 6.45) is 1.94. The van der Waals surface area contributed by atoms with Crippen LogP contribution >= 0.6 is 0 Å². The van der Waals surface area contributed by atoms with Crippen molar-refractivity contribution in [3.8, 4) is 0 Å². The molecule has 0 amide bonds. The van der Waals surface area contributed by atoms with Gasteiger partial charge >= 0.3 is 0 Å². The van der Waals surface area contributed by atoms with E-state index >= 15 is 0 Å². The molecule has 74 valence electrons. The zero-order valence-corrected chi connectivity index (χ0v) is 11.2. The molecule has 0 saturated heterocycles. The molecule has 0 aromatic rings. The molecule has 0 saturated carbocycles. The second-order valence-electron chi connectivity index (χ2n) is 4.63. The maximum absolute atomic E-state index is 5.28. The largest absolute Gasteiger partial charge is 0.388 e. The predicted molar refractivity (Wildman–Crippen MR) is 58.7 cm³/mol. The average molecular weight is 206 g/mol. The van der Waals surface area contributed by atoms with Gasteiger partial charge in [-0.25, -0.2) is 0 Å². The second-order valence-corrected chi connectivity index (χ2v) is 20.9. The lowest BCUT2D eigenvalue weighted by molar-refractivity contribution is 0.241. The summed E-state index contributed by atoms with van der Waals surface area (Å²) in [6, 6.07) is 0. The Balaban J connectivity index is 4.28. The first-order chi connectivity index (χ1) is 5.37. The van der Waals surface area contributed by atoms with Crippen LogP contribution in [0.4, 0.5) is 0 Å². The molecule has 0 radical (unpaired) electrons. The molecule has 0 fully saturated rings. The number of methoxy groups -OCH3 is 2. The molecule has 0 unspecified atom stereocenters. The Hall–Kier alpha value is 0.354. The summed E-state index contributed by atoms with van der Waals surface area (Å²) in [7, 11) is 1.27. The van der Waals surface area contributed by atoms with Gasteiger partial charge in [-0.1, -0.05) is 26.2 Å². The minimum Gasteiger partial charge on any atom is -0.388 e. The minimum absolute atomic E-state index is 0.968. The summed E-state index contributed by atoms with van der Waals surface area (Å²) in [4.78, 5) is 0. The number of rotatable bonds is 5. The van der Waals surface area contributed by atoms with Crippen LogP contribution in [0.25, 0.3) is 0 Å². The van der Waals surface area contributed by atoms with Crippen molar-refractivity contribution in [3.05, 3.63) is 0 Å². The maximum Gasteiger partial charge on any atom is 0.0741 e. The highest BCUT2D eigenvalue weighted by atomic mass is 29.3. The van der Waals surface area contributed by atoms with Gasteiger partial charge in [0.2, 0.25) is 0 Å². The standard InChI is InChI=1S/C8H22O2Si2/c1-9-7-11(3,4)12(5,6)8-10-2/h7-8H2,1-6H3. The molecule has 0 aromatic heterocycles. The smallest absolute Gasteiger partial charge is 0.0741 e. The van der Waals surface area contributed by atoms with Crippen molar-refractivity contribution in [2.24, 2.45) is 0 Å². The van der Waals surface area contributed by atoms with Crippen LogP contribution < -0.4 is 0 Å². The van der Waals surface area contributed by atoms with Crippen LogP contribution in [0.2, 0.25) is 26.2 Å². The normalized spacial score (nSPS) is 13.5. The van der Waals surface area contributed by atoms with Crippen molar-refractivity contribution in [1.29, 1.82) is 0 Å². The van der Waals surface area contributed by atoms with E-state index in [1.165, 1.54) is 0 Å². The minimum atomic E-state index is -1.16. The fourth-order valence-corrected chi connectivity index (χ4v) is 6.55. The van der Waals surface area contributed by atoms with Gasteiger partial charge in [-0.15, -0.1) is 0 Å². The van der Waals surface area contributed by atoms with E-state index in [2.05, 4.69) is 26.2 Å². The van der Waals surface area contributed by atoms with Gasteiger partial charge in [0.25, 0.3) is 0 Å². The first-order valence-electron chi connectivity index (χ1n) is 4.35. The summed E-state index contributed by atoms with van der Waals surface area (Å²) < 4.78 is 10.6. The van der Waals surface area contributed by atoms with Crippen LogP contribution in [0.1, 0.15) is 0 Å². The molecule has 0 aromatic carbocycles. The van der Waals surface area contributed by atoms with Crippen LogP contribution in [0.15, 0.2) is 0 Å². The fourth-order valence-electron chi connectivity index (χ4n) is 1.11. The van der Waals surface area contributed by atoms with Crippen molar-refractivity contribution in [3.63, 3.8) is 0 Å². The molecule has 12 heavy (non-hydrogen) atoms. The first-order valence-corrected chi connectivity index (χ1v) is 11.8. The highest BCUT2D eigenvalue weighted by molar-refractivity contribution is 7.40. The molecular formula is C8H22O2Si2. The second kappa shape index (κ2) is 4.55. The van der Waals surface area contributed by atoms with Gasteiger partial charge in [0.15, 0.2) is 0 Å². The van der Waals surface area contributed by atoms with Crippen LogP contribution in [0, 0.1) is 0 Å². The van der Waals surface area contributed by atoms with Crippen LogP contribution in [0.5, 0.6) is 0 Å². The van der Waals surface area contributed by atoms with Crippen molar-refractivity contribution in [2.45, 2.75) is 26.2 Å². The molecule has 0 atom stereocenters. The van der Waals surface area contributed by atoms with E-state index in [4.69, 9.17) is 9.47 Å². The molecule has 2 nitrogen and oxygen atoms in total. The molecule has 0 aliphatic heterocycles. The summed E-state index contributed by atoms with van der Waals surface area (Å²) in [5, 5.41) is 0. The van der Waals surface area contributed by atoms with Gasteiger partial charge in [0.05, 0.1) is 15.2 Å². The predicted octanol–water partition coefficient (Wildman–Crippen LogP) is 1.85. The fraction of sp³-hybridized carbons (Fsp3) is 1.00. The quantitative estimate of drug-likeness (QED) is 0.639. The maximum atomic E-state index is 5.28. The highest BCUT2D eigenvalue weighted by Crippen LogP contribution is 2.19. The van der Waals surface area contributed by atoms with E-state index in [-0.39, 0.29) is 0 Å². The lowest BCUT2D eigenvalue weighted by Gasteiger charge is -2.36. The summed E-state index contributed by atoms with van der Waals surface area (Å²) in [5.41, 5.74) is 0. The van der Waals surface area contributed by atoms with Gasteiger partial charge in [-0.2, -0.15) is 0 Å².